The van der Waals surface area contributed by atoms with E-state index >= 15 is 0 Å². The van der Waals surface area contributed by atoms with Gasteiger partial charge in [0.05, 0.1) is 7.11 Å². The molecule has 0 atom stereocenters. The van der Waals surface area contributed by atoms with E-state index in [0.717, 1.165) is 30.0 Å². The highest BCUT2D eigenvalue weighted by Crippen LogP contribution is 2.20. The fourth-order valence-electron chi connectivity index (χ4n) is 3.21. The lowest BCUT2D eigenvalue weighted by Gasteiger charge is -2.17. The second-order valence-electron chi connectivity index (χ2n) is 6.65. The Kier molecular flexibility index (Phi) is 6.41. The summed E-state index contributed by atoms with van der Waals surface area (Å²) in [6.07, 6.45) is 8.87. The van der Waals surface area contributed by atoms with Crippen molar-refractivity contribution in [3.63, 3.8) is 0 Å². The molecule has 0 spiro atoms. The van der Waals surface area contributed by atoms with Gasteiger partial charge >= 0.3 is 0 Å². The first-order valence-electron chi connectivity index (χ1n) is 9.24. The third-order valence-corrected chi connectivity index (χ3v) is 4.72. The Labute approximate surface area is 154 Å². The molecule has 1 aromatic heterocycles. The number of aromatic nitrogens is 2. The lowest BCUT2D eigenvalue weighted by Crippen LogP contribution is -2.25. The zero-order valence-corrected chi connectivity index (χ0v) is 15.2. The number of amides is 1. The fourth-order valence-corrected chi connectivity index (χ4v) is 3.21. The standard InChI is InChI=1S/C20H26N4O2/c1-26-17-10-8-15(9-11-17)13-21-20(25)18-12-19(23-14-22-18)24-16-6-4-2-3-5-7-16/h8-12,14,16H,2-7,13H2,1H3,(H,21,25)(H,22,23,24). The molecule has 1 aromatic carbocycles. The van der Waals surface area contributed by atoms with Crippen LogP contribution >= 0.6 is 0 Å². The molecule has 138 valence electrons. The maximum atomic E-state index is 12.4. The number of carbonyl (C=O) groups excluding carboxylic acids is 1. The lowest BCUT2D eigenvalue weighted by molar-refractivity contribution is 0.0946. The van der Waals surface area contributed by atoms with Crippen LogP contribution in [0.5, 0.6) is 5.75 Å². The van der Waals surface area contributed by atoms with Crippen LogP contribution in [0.15, 0.2) is 36.7 Å². The molecule has 1 heterocycles. The molecule has 0 unspecified atom stereocenters. The Balaban J connectivity index is 1.56. The summed E-state index contributed by atoms with van der Waals surface area (Å²) >= 11 is 0. The van der Waals surface area contributed by atoms with Crippen molar-refractivity contribution in [2.75, 3.05) is 12.4 Å². The lowest BCUT2D eigenvalue weighted by atomic mass is 10.1. The third-order valence-electron chi connectivity index (χ3n) is 4.72. The van der Waals surface area contributed by atoms with Gasteiger partial charge in [0.25, 0.3) is 5.91 Å². The normalized spacial score (nSPS) is 15.1. The summed E-state index contributed by atoms with van der Waals surface area (Å²) in [5.41, 5.74) is 1.38. The van der Waals surface area contributed by atoms with Gasteiger partial charge in [-0.3, -0.25) is 4.79 Å². The number of nitrogens with one attached hydrogen (secondary N) is 2. The first-order chi connectivity index (χ1) is 12.7. The van der Waals surface area contributed by atoms with Crippen LogP contribution in [0.1, 0.15) is 54.6 Å². The molecule has 6 nitrogen and oxygen atoms in total. The van der Waals surface area contributed by atoms with Crippen LogP contribution in [-0.2, 0) is 6.54 Å². The Bertz CT molecular complexity index is 710. The molecule has 0 radical (unpaired) electrons. The molecule has 0 bridgehead atoms. The number of rotatable bonds is 6. The molecule has 1 fully saturated rings. The van der Waals surface area contributed by atoms with Gasteiger partial charge in [-0.25, -0.2) is 9.97 Å². The van der Waals surface area contributed by atoms with E-state index in [-0.39, 0.29) is 5.91 Å². The van der Waals surface area contributed by atoms with E-state index in [9.17, 15) is 4.79 Å². The van der Waals surface area contributed by atoms with Crippen molar-refractivity contribution in [2.24, 2.45) is 0 Å². The van der Waals surface area contributed by atoms with Crippen LogP contribution in [0, 0.1) is 0 Å². The number of anilines is 1. The summed E-state index contributed by atoms with van der Waals surface area (Å²) in [7, 11) is 1.63. The Morgan fingerprint density at radius 2 is 1.85 bits per heavy atom. The van der Waals surface area contributed by atoms with E-state index in [1.54, 1.807) is 13.2 Å². The van der Waals surface area contributed by atoms with Crippen LogP contribution in [0.25, 0.3) is 0 Å². The predicted molar refractivity (Wildman–Crippen MR) is 101 cm³/mol. The molecule has 0 aliphatic heterocycles. The summed E-state index contributed by atoms with van der Waals surface area (Å²) in [5, 5.41) is 6.35. The molecule has 2 N–H and O–H groups in total. The Morgan fingerprint density at radius 3 is 2.54 bits per heavy atom. The van der Waals surface area contributed by atoms with Gasteiger partial charge in [0.15, 0.2) is 0 Å². The highest BCUT2D eigenvalue weighted by Gasteiger charge is 2.14. The third kappa shape index (κ3) is 5.18. The summed E-state index contributed by atoms with van der Waals surface area (Å²) in [5.74, 6) is 1.32. The molecule has 1 aliphatic carbocycles. The molecule has 2 aromatic rings. The van der Waals surface area contributed by atoms with Gasteiger partial charge in [-0.1, -0.05) is 37.8 Å². The predicted octanol–water partition coefficient (Wildman–Crippen LogP) is 3.55. The number of carbonyl (C=O) groups is 1. The highest BCUT2D eigenvalue weighted by atomic mass is 16.5. The maximum Gasteiger partial charge on any atom is 0.270 e. The zero-order chi connectivity index (χ0) is 18.2. The summed E-state index contributed by atoms with van der Waals surface area (Å²) in [6.45, 7) is 0.443. The van der Waals surface area contributed by atoms with E-state index in [1.165, 1.54) is 32.0 Å². The van der Waals surface area contributed by atoms with Gasteiger partial charge in [-0.15, -0.1) is 0 Å². The molecular weight excluding hydrogens is 328 g/mol. The number of hydrogen-bond acceptors (Lipinski definition) is 5. The summed E-state index contributed by atoms with van der Waals surface area (Å²) in [4.78, 5) is 20.8. The minimum Gasteiger partial charge on any atom is -0.497 e. The van der Waals surface area contributed by atoms with E-state index in [2.05, 4.69) is 20.6 Å². The smallest absolute Gasteiger partial charge is 0.270 e. The maximum absolute atomic E-state index is 12.4. The molecule has 1 aliphatic rings. The van der Waals surface area contributed by atoms with Crippen molar-refractivity contribution in [3.05, 3.63) is 47.9 Å². The first kappa shape index (κ1) is 18.2. The van der Waals surface area contributed by atoms with Crippen LogP contribution in [-0.4, -0.2) is 29.0 Å². The van der Waals surface area contributed by atoms with Crippen molar-refractivity contribution in [2.45, 2.75) is 51.1 Å². The highest BCUT2D eigenvalue weighted by molar-refractivity contribution is 5.92. The van der Waals surface area contributed by atoms with E-state index in [4.69, 9.17) is 4.74 Å². The second kappa shape index (κ2) is 9.17. The van der Waals surface area contributed by atoms with Crippen molar-refractivity contribution >= 4 is 11.7 Å². The van der Waals surface area contributed by atoms with Crippen LogP contribution in [0.2, 0.25) is 0 Å². The zero-order valence-electron chi connectivity index (χ0n) is 15.2. The largest absolute Gasteiger partial charge is 0.497 e. The van der Waals surface area contributed by atoms with Gasteiger partial charge in [-0.2, -0.15) is 0 Å². The quantitative estimate of drug-likeness (QED) is 0.776. The molecule has 1 saturated carbocycles. The topological polar surface area (TPSA) is 76.1 Å². The molecule has 3 rings (SSSR count). The van der Waals surface area contributed by atoms with Crippen LogP contribution < -0.4 is 15.4 Å². The van der Waals surface area contributed by atoms with Crippen LogP contribution in [0.4, 0.5) is 5.82 Å². The van der Waals surface area contributed by atoms with Gasteiger partial charge in [0, 0.05) is 18.7 Å². The monoisotopic (exact) mass is 354 g/mol. The van der Waals surface area contributed by atoms with Crippen molar-refractivity contribution < 1.29 is 9.53 Å². The SMILES string of the molecule is COc1ccc(CNC(=O)c2cc(NC3CCCCCC3)ncn2)cc1. The minimum atomic E-state index is -0.202. The minimum absolute atomic E-state index is 0.202. The van der Waals surface area contributed by atoms with Gasteiger partial charge in [0.2, 0.25) is 0 Å². The Hall–Kier alpha value is -2.63. The number of methoxy groups -OCH3 is 1. The molecule has 0 saturated heterocycles. The van der Waals surface area contributed by atoms with Crippen molar-refractivity contribution in [3.8, 4) is 5.75 Å². The molecular formula is C20H26N4O2. The van der Waals surface area contributed by atoms with E-state index in [1.807, 2.05) is 24.3 Å². The van der Waals surface area contributed by atoms with Crippen molar-refractivity contribution in [1.29, 1.82) is 0 Å². The second-order valence-corrected chi connectivity index (χ2v) is 6.65. The molecule has 6 heteroatoms. The van der Waals surface area contributed by atoms with Gasteiger partial charge in [-0.05, 0) is 30.5 Å². The van der Waals surface area contributed by atoms with Gasteiger partial charge < -0.3 is 15.4 Å². The number of ether oxygens (including phenoxy) is 1. The first-order valence-corrected chi connectivity index (χ1v) is 9.24. The summed E-state index contributed by atoms with van der Waals surface area (Å²) < 4.78 is 5.14. The number of nitrogens with zero attached hydrogens (tertiary/aromatic N) is 2. The molecule has 26 heavy (non-hydrogen) atoms. The Morgan fingerprint density at radius 1 is 1.12 bits per heavy atom. The van der Waals surface area contributed by atoms with E-state index < -0.39 is 0 Å². The number of hydrogen-bond donors (Lipinski definition) is 2. The van der Waals surface area contributed by atoms with Gasteiger partial charge in [0.1, 0.15) is 23.6 Å². The average Bonchev–Trinajstić information content (AvgIpc) is 2.95. The average molecular weight is 354 g/mol. The van der Waals surface area contributed by atoms with Crippen molar-refractivity contribution in [1.82, 2.24) is 15.3 Å². The fraction of sp³-hybridized carbons (Fsp3) is 0.450. The van der Waals surface area contributed by atoms with Crippen LogP contribution in [0.3, 0.4) is 0 Å². The molecule has 1 amide bonds. The summed E-state index contributed by atoms with van der Waals surface area (Å²) in [6, 6.07) is 9.77. The number of benzene rings is 1. The van der Waals surface area contributed by atoms with E-state index in [0.29, 0.717) is 18.3 Å².